The lowest BCUT2D eigenvalue weighted by molar-refractivity contribution is 0.0971. The van der Waals surface area contributed by atoms with Crippen LogP contribution in [0.1, 0.15) is 10.4 Å². The van der Waals surface area contributed by atoms with Crippen molar-refractivity contribution in [3.63, 3.8) is 0 Å². The quantitative estimate of drug-likeness (QED) is 0.375. The van der Waals surface area contributed by atoms with Crippen molar-refractivity contribution in [2.24, 2.45) is 0 Å². The van der Waals surface area contributed by atoms with Crippen LogP contribution in [-0.4, -0.2) is 39.2 Å². The van der Waals surface area contributed by atoms with Crippen LogP contribution in [0.25, 0.3) is 27.9 Å². The fourth-order valence-corrected chi connectivity index (χ4v) is 3.81. The number of ether oxygens (including phenoxy) is 2. The number of rotatable bonds is 6. The molecule has 2 aromatic heterocycles. The second-order valence-electron chi connectivity index (χ2n) is 7.45. The number of hydrogen-bond acceptors (Lipinski definition) is 6. The fourth-order valence-electron chi connectivity index (χ4n) is 3.81. The van der Waals surface area contributed by atoms with Gasteiger partial charge in [-0.05, 0) is 24.3 Å². The lowest BCUT2D eigenvalue weighted by Crippen LogP contribution is -2.30. The molecule has 8 heteroatoms. The van der Waals surface area contributed by atoms with Crippen LogP contribution >= 0.6 is 0 Å². The maximum atomic E-state index is 13.4. The zero-order chi connectivity index (χ0) is 22.9. The van der Waals surface area contributed by atoms with Crippen LogP contribution in [0.15, 0.2) is 77.6 Å². The summed E-state index contributed by atoms with van der Waals surface area (Å²) in [6.45, 7) is -0.110. The van der Waals surface area contributed by atoms with Crippen LogP contribution < -0.4 is 15.2 Å². The first-order valence-corrected chi connectivity index (χ1v) is 10.3. The van der Waals surface area contributed by atoms with Crippen LogP contribution in [0.5, 0.6) is 11.5 Å². The van der Waals surface area contributed by atoms with E-state index in [0.29, 0.717) is 45.0 Å². The summed E-state index contributed by atoms with van der Waals surface area (Å²) in [7, 11) is 3.12. The first kappa shape index (κ1) is 20.4. The molecule has 0 N–H and O–H groups in total. The average molecular weight is 440 g/mol. The lowest BCUT2D eigenvalue weighted by atomic mass is 10.1. The molecule has 8 nitrogen and oxygen atoms in total. The summed E-state index contributed by atoms with van der Waals surface area (Å²) in [6.07, 6.45) is 0. The van der Waals surface area contributed by atoms with Gasteiger partial charge in [-0.1, -0.05) is 42.5 Å². The standard InChI is InChI=1S/C25H20N4O4/c1-32-18-12-17(13-19(14-18)33-2)23-26-24-20-10-6-7-11-21(20)28(25(31)29(24)27-23)15-22(30)16-8-4-3-5-9-16/h3-14H,15H2,1-2H3. The molecule has 3 aromatic carbocycles. The molecule has 2 heterocycles. The fraction of sp³-hybridized carbons (Fsp3) is 0.120. The molecule has 5 aromatic rings. The van der Waals surface area contributed by atoms with Crippen LogP contribution in [-0.2, 0) is 6.54 Å². The third kappa shape index (κ3) is 3.61. The topological polar surface area (TPSA) is 87.7 Å². The number of benzene rings is 3. The summed E-state index contributed by atoms with van der Waals surface area (Å²) >= 11 is 0. The van der Waals surface area contributed by atoms with E-state index in [2.05, 4.69) is 10.1 Å². The van der Waals surface area contributed by atoms with E-state index < -0.39 is 5.69 Å². The van der Waals surface area contributed by atoms with Crippen LogP contribution in [0.2, 0.25) is 0 Å². The van der Waals surface area contributed by atoms with Crippen LogP contribution in [0.4, 0.5) is 0 Å². The summed E-state index contributed by atoms with van der Waals surface area (Å²) in [4.78, 5) is 30.9. The summed E-state index contributed by atoms with van der Waals surface area (Å²) in [5.74, 6) is 1.35. The number of methoxy groups -OCH3 is 2. The zero-order valence-electron chi connectivity index (χ0n) is 18.1. The molecule has 0 unspecified atom stereocenters. The van der Waals surface area contributed by atoms with Gasteiger partial charge in [0, 0.05) is 22.6 Å². The third-order valence-corrected chi connectivity index (χ3v) is 5.46. The summed E-state index contributed by atoms with van der Waals surface area (Å²) < 4.78 is 13.4. The van der Waals surface area contributed by atoms with Gasteiger partial charge >= 0.3 is 5.69 Å². The number of carbonyl (C=O) groups is 1. The van der Waals surface area contributed by atoms with Crippen LogP contribution in [0, 0.1) is 0 Å². The molecule has 0 saturated heterocycles. The van der Waals surface area contributed by atoms with Crippen molar-refractivity contribution in [3.8, 4) is 22.9 Å². The Hall–Kier alpha value is -4.46. The van der Waals surface area contributed by atoms with E-state index in [9.17, 15) is 9.59 Å². The van der Waals surface area contributed by atoms with Crippen molar-refractivity contribution < 1.29 is 14.3 Å². The average Bonchev–Trinajstić information content (AvgIpc) is 3.33. The van der Waals surface area contributed by atoms with Crippen molar-refractivity contribution in [2.75, 3.05) is 14.2 Å². The van der Waals surface area contributed by atoms with E-state index >= 15 is 0 Å². The number of para-hydroxylation sites is 1. The van der Waals surface area contributed by atoms with Gasteiger partial charge in [0.2, 0.25) is 0 Å². The molecule has 0 saturated carbocycles. The third-order valence-electron chi connectivity index (χ3n) is 5.46. The van der Waals surface area contributed by atoms with E-state index in [1.54, 1.807) is 62.8 Å². The minimum atomic E-state index is -0.443. The Morgan fingerprint density at radius 3 is 2.27 bits per heavy atom. The predicted molar refractivity (Wildman–Crippen MR) is 124 cm³/mol. The van der Waals surface area contributed by atoms with Gasteiger partial charge in [0.1, 0.15) is 11.5 Å². The normalized spacial score (nSPS) is 11.1. The highest BCUT2D eigenvalue weighted by Crippen LogP contribution is 2.29. The molecule has 0 amide bonds. The van der Waals surface area contributed by atoms with E-state index in [0.717, 1.165) is 0 Å². The molecule has 164 valence electrons. The van der Waals surface area contributed by atoms with Crippen molar-refractivity contribution >= 4 is 22.3 Å². The van der Waals surface area contributed by atoms with Crippen molar-refractivity contribution in [3.05, 3.63) is 88.8 Å². The first-order valence-electron chi connectivity index (χ1n) is 10.3. The van der Waals surface area contributed by atoms with E-state index in [4.69, 9.17) is 9.47 Å². The monoisotopic (exact) mass is 440 g/mol. The van der Waals surface area contributed by atoms with Gasteiger partial charge in [-0.3, -0.25) is 9.36 Å². The number of fused-ring (bicyclic) bond motifs is 3. The Morgan fingerprint density at radius 1 is 0.909 bits per heavy atom. The molecule has 5 rings (SSSR count). The Morgan fingerprint density at radius 2 is 1.58 bits per heavy atom. The maximum Gasteiger partial charge on any atom is 0.351 e. The first-order chi connectivity index (χ1) is 16.1. The highest BCUT2D eigenvalue weighted by atomic mass is 16.5. The van der Waals surface area contributed by atoms with Gasteiger partial charge < -0.3 is 9.47 Å². The molecule has 0 aliphatic heterocycles. The van der Waals surface area contributed by atoms with Gasteiger partial charge in [-0.2, -0.15) is 4.52 Å². The molecular weight excluding hydrogens is 420 g/mol. The minimum Gasteiger partial charge on any atom is -0.497 e. The second kappa shape index (κ2) is 8.23. The molecule has 0 fully saturated rings. The molecule has 0 radical (unpaired) electrons. The summed E-state index contributed by atoms with van der Waals surface area (Å²) in [5.41, 5.74) is 1.76. The number of aromatic nitrogens is 4. The van der Waals surface area contributed by atoms with Crippen molar-refractivity contribution in [2.45, 2.75) is 6.54 Å². The molecule has 0 aliphatic carbocycles. The number of nitrogens with zero attached hydrogens (tertiary/aromatic N) is 4. The van der Waals surface area contributed by atoms with Crippen LogP contribution in [0.3, 0.4) is 0 Å². The number of carbonyl (C=O) groups excluding carboxylic acids is 1. The molecule has 0 bridgehead atoms. The molecule has 0 aliphatic rings. The number of hydrogen-bond donors (Lipinski definition) is 0. The SMILES string of the molecule is COc1cc(OC)cc(-c2nc3c4ccccc4n(CC(=O)c4ccccc4)c(=O)n3n2)c1. The molecule has 0 spiro atoms. The summed E-state index contributed by atoms with van der Waals surface area (Å²) in [6, 6.07) is 21.5. The van der Waals surface area contributed by atoms with E-state index in [-0.39, 0.29) is 12.3 Å². The second-order valence-corrected chi connectivity index (χ2v) is 7.45. The van der Waals surface area contributed by atoms with E-state index in [1.807, 2.05) is 24.3 Å². The van der Waals surface area contributed by atoms with Gasteiger partial charge in [0.25, 0.3) is 0 Å². The Labute approximate surface area is 188 Å². The predicted octanol–water partition coefficient (Wildman–Crippen LogP) is 3.61. The molecular formula is C25H20N4O4. The minimum absolute atomic E-state index is 0.110. The number of Topliss-reactive ketones (excluding diaryl/α,β-unsaturated/α-hetero) is 1. The van der Waals surface area contributed by atoms with Crippen molar-refractivity contribution in [1.29, 1.82) is 0 Å². The Balaban J connectivity index is 1.70. The van der Waals surface area contributed by atoms with Gasteiger partial charge in [0.05, 0.1) is 26.3 Å². The van der Waals surface area contributed by atoms with Gasteiger partial charge in [-0.15, -0.1) is 5.10 Å². The smallest absolute Gasteiger partial charge is 0.351 e. The highest BCUT2D eigenvalue weighted by molar-refractivity contribution is 5.98. The zero-order valence-corrected chi connectivity index (χ0v) is 18.1. The van der Waals surface area contributed by atoms with Crippen molar-refractivity contribution in [1.82, 2.24) is 19.2 Å². The number of ketones is 1. The Kier molecular flexibility index (Phi) is 5.10. The van der Waals surface area contributed by atoms with Gasteiger partial charge in [0.15, 0.2) is 17.3 Å². The lowest BCUT2D eigenvalue weighted by Gasteiger charge is -2.10. The van der Waals surface area contributed by atoms with Gasteiger partial charge in [-0.25, -0.2) is 9.78 Å². The van der Waals surface area contributed by atoms with E-state index in [1.165, 1.54) is 9.08 Å². The molecule has 33 heavy (non-hydrogen) atoms. The maximum absolute atomic E-state index is 13.4. The Bertz CT molecular complexity index is 1530. The summed E-state index contributed by atoms with van der Waals surface area (Å²) in [5, 5.41) is 5.19. The highest BCUT2D eigenvalue weighted by Gasteiger charge is 2.18. The molecule has 0 atom stereocenters. The largest absolute Gasteiger partial charge is 0.497 e.